The van der Waals surface area contributed by atoms with Crippen LogP contribution in [-0.2, 0) is 16.8 Å². The first kappa shape index (κ1) is 11.9. The number of rotatable bonds is 2. The van der Waals surface area contributed by atoms with Crippen LogP contribution in [0.15, 0.2) is 12.1 Å². The minimum Gasteiger partial charge on any atom is -0.467 e. The van der Waals surface area contributed by atoms with Gasteiger partial charge in [0.2, 0.25) is 0 Å². The van der Waals surface area contributed by atoms with Gasteiger partial charge in [-0.25, -0.2) is 4.39 Å². The number of fused-ring (bicyclic) bond motifs is 1. The van der Waals surface area contributed by atoms with E-state index in [1.54, 1.807) is 6.07 Å². The monoisotopic (exact) mass is 251 g/mol. The SMILES string of the molecule is NCC1(c2cc3c(cc2F)COCO3)CCCC1. The summed E-state index contributed by atoms with van der Waals surface area (Å²) in [6.07, 6.45) is 4.18. The molecular formula is C14H18FNO2. The maximum Gasteiger partial charge on any atom is 0.189 e. The average molecular weight is 251 g/mol. The number of benzene rings is 1. The highest BCUT2D eigenvalue weighted by Gasteiger charge is 2.37. The number of nitrogens with two attached hydrogens (primary N) is 1. The van der Waals surface area contributed by atoms with Crippen molar-refractivity contribution in [2.45, 2.75) is 37.7 Å². The summed E-state index contributed by atoms with van der Waals surface area (Å²) in [7, 11) is 0. The third-order valence-electron chi connectivity index (χ3n) is 4.23. The van der Waals surface area contributed by atoms with Gasteiger partial charge in [-0.3, -0.25) is 0 Å². The van der Waals surface area contributed by atoms with E-state index in [0.29, 0.717) is 13.2 Å². The Morgan fingerprint density at radius 2 is 2.06 bits per heavy atom. The van der Waals surface area contributed by atoms with Crippen molar-refractivity contribution in [1.82, 2.24) is 0 Å². The largest absolute Gasteiger partial charge is 0.467 e. The molecule has 2 aliphatic rings. The Labute approximate surface area is 106 Å². The first-order valence-corrected chi connectivity index (χ1v) is 6.49. The fourth-order valence-corrected chi connectivity index (χ4v) is 3.14. The lowest BCUT2D eigenvalue weighted by atomic mass is 9.78. The quantitative estimate of drug-likeness (QED) is 0.878. The van der Waals surface area contributed by atoms with Crippen LogP contribution in [-0.4, -0.2) is 13.3 Å². The van der Waals surface area contributed by atoms with E-state index in [2.05, 4.69) is 0 Å². The molecule has 1 fully saturated rings. The second-order valence-corrected chi connectivity index (χ2v) is 5.24. The standard InChI is InChI=1S/C14H18FNO2/c15-12-5-10-7-17-9-18-13(10)6-11(12)14(8-16)3-1-2-4-14/h5-6H,1-4,7-9,16H2. The fourth-order valence-electron chi connectivity index (χ4n) is 3.14. The van der Waals surface area contributed by atoms with Crippen LogP contribution in [0.2, 0.25) is 0 Å². The van der Waals surface area contributed by atoms with Gasteiger partial charge in [0.25, 0.3) is 0 Å². The summed E-state index contributed by atoms with van der Waals surface area (Å²) in [5.41, 5.74) is 7.23. The molecule has 4 heteroatoms. The zero-order chi connectivity index (χ0) is 12.6. The van der Waals surface area contributed by atoms with Gasteiger partial charge in [0.05, 0.1) is 6.61 Å². The molecule has 1 saturated carbocycles. The predicted octanol–water partition coefficient (Wildman–Crippen LogP) is 2.46. The van der Waals surface area contributed by atoms with Gasteiger partial charge in [-0.15, -0.1) is 0 Å². The van der Waals surface area contributed by atoms with Crippen molar-refractivity contribution in [3.8, 4) is 5.75 Å². The van der Waals surface area contributed by atoms with Gasteiger partial charge in [-0.1, -0.05) is 12.8 Å². The van der Waals surface area contributed by atoms with Crippen LogP contribution in [0.3, 0.4) is 0 Å². The van der Waals surface area contributed by atoms with Crippen LogP contribution >= 0.6 is 0 Å². The molecule has 18 heavy (non-hydrogen) atoms. The molecule has 0 radical (unpaired) electrons. The summed E-state index contributed by atoms with van der Waals surface area (Å²) in [6.45, 7) is 1.16. The number of hydrogen-bond donors (Lipinski definition) is 1. The average Bonchev–Trinajstić information content (AvgIpc) is 2.88. The molecule has 0 atom stereocenters. The lowest BCUT2D eigenvalue weighted by Crippen LogP contribution is -2.33. The van der Waals surface area contributed by atoms with E-state index >= 15 is 0 Å². The third-order valence-corrected chi connectivity index (χ3v) is 4.23. The van der Waals surface area contributed by atoms with Crippen LogP contribution < -0.4 is 10.5 Å². The molecule has 0 unspecified atom stereocenters. The summed E-state index contributed by atoms with van der Waals surface area (Å²) < 4.78 is 24.9. The first-order chi connectivity index (χ1) is 8.75. The van der Waals surface area contributed by atoms with Crippen LogP contribution in [0, 0.1) is 5.82 Å². The fraction of sp³-hybridized carbons (Fsp3) is 0.571. The maximum atomic E-state index is 14.3. The van der Waals surface area contributed by atoms with E-state index in [1.165, 1.54) is 0 Å². The van der Waals surface area contributed by atoms with E-state index in [0.717, 1.165) is 42.6 Å². The second-order valence-electron chi connectivity index (χ2n) is 5.24. The summed E-state index contributed by atoms with van der Waals surface area (Å²) in [5.74, 6) is 0.576. The van der Waals surface area contributed by atoms with Crippen LogP contribution in [0.4, 0.5) is 4.39 Å². The van der Waals surface area contributed by atoms with Gasteiger partial charge in [-0.05, 0) is 30.5 Å². The smallest absolute Gasteiger partial charge is 0.189 e. The minimum atomic E-state index is -0.194. The van der Waals surface area contributed by atoms with E-state index in [-0.39, 0.29) is 18.0 Å². The molecule has 0 spiro atoms. The maximum absolute atomic E-state index is 14.3. The zero-order valence-electron chi connectivity index (χ0n) is 10.4. The third kappa shape index (κ3) is 1.80. The Morgan fingerprint density at radius 3 is 2.78 bits per heavy atom. The molecule has 0 aromatic heterocycles. The second kappa shape index (κ2) is 4.52. The molecule has 1 aliphatic heterocycles. The van der Waals surface area contributed by atoms with E-state index in [4.69, 9.17) is 15.2 Å². The van der Waals surface area contributed by atoms with Gasteiger partial charge in [-0.2, -0.15) is 0 Å². The molecule has 1 aromatic rings. The van der Waals surface area contributed by atoms with Gasteiger partial charge in [0.1, 0.15) is 11.6 Å². The Morgan fingerprint density at radius 1 is 1.28 bits per heavy atom. The van der Waals surface area contributed by atoms with Gasteiger partial charge >= 0.3 is 0 Å². The first-order valence-electron chi connectivity index (χ1n) is 6.49. The topological polar surface area (TPSA) is 44.5 Å². The molecule has 0 bridgehead atoms. The Bertz CT molecular complexity index is 455. The van der Waals surface area contributed by atoms with Crippen LogP contribution in [0.5, 0.6) is 5.75 Å². The van der Waals surface area contributed by atoms with Crippen molar-refractivity contribution in [3.63, 3.8) is 0 Å². The van der Waals surface area contributed by atoms with E-state index < -0.39 is 0 Å². The highest BCUT2D eigenvalue weighted by molar-refractivity contribution is 5.42. The number of hydrogen-bond acceptors (Lipinski definition) is 3. The molecule has 3 nitrogen and oxygen atoms in total. The van der Waals surface area contributed by atoms with Crippen molar-refractivity contribution in [2.75, 3.05) is 13.3 Å². The summed E-state index contributed by atoms with van der Waals surface area (Å²) >= 11 is 0. The molecule has 1 aliphatic carbocycles. The van der Waals surface area contributed by atoms with Gasteiger partial charge in [0, 0.05) is 17.5 Å². The highest BCUT2D eigenvalue weighted by atomic mass is 19.1. The Hall–Kier alpha value is -1.13. The molecular weight excluding hydrogens is 233 g/mol. The zero-order valence-corrected chi connectivity index (χ0v) is 10.4. The normalized spacial score (nSPS) is 21.4. The van der Waals surface area contributed by atoms with Crippen molar-refractivity contribution in [1.29, 1.82) is 0 Å². The van der Waals surface area contributed by atoms with E-state index in [9.17, 15) is 4.39 Å². The van der Waals surface area contributed by atoms with Crippen molar-refractivity contribution >= 4 is 0 Å². The summed E-state index contributed by atoms with van der Waals surface area (Å²) in [5, 5.41) is 0. The van der Waals surface area contributed by atoms with Gasteiger partial charge in [0.15, 0.2) is 6.79 Å². The Kier molecular flexibility index (Phi) is 2.99. The van der Waals surface area contributed by atoms with E-state index in [1.807, 2.05) is 6.07 Å². The summed E-state index contributed by atoms with van der Waals surface area (Å²) in [6, 6.07) is 3.38. The predicted molar refractivity (Wildman–Crippen MR) is 65.9 cm³/mol. The van der Waals surface area contributed by atoms with Crippen molar-refractivity contribution in [2.24, 2.45) is 5.73 Å². The van der Waals surface area contributed by atoms with Gasteiger partial charge < -0.3 is 15.2 Å². The molecule has 98 valence electrons. The summed E-state index contributed by atoms with van der Waals surface area (Å²) in [4.78, 5) is 0. The molecule has 1 heterocycles. The van der Waals surface area contributed by atoms with Crippen LogP contribution in [0.1, 0.15) is 36.8 Å². The lowest BCUT2D eigenvalue weighted by molar-refractivity contribution is -0.0167. The van der Waals surface area contributed by atoms with Crippen LogP contribution in [0.25, 0.3) is 0 Å². The number of halogens is 1. The Balaban J connectivity index is 2.05. The lowest BCUT2D eigenvalue weighted by Gasteiger charge is -2.30. The minimum absolute atomic E-state index is 0.171. The highest BCUT2D eigenvalue weighted by Crippen LogP contribution is 2.43. The molecule has 2 N–H and O–H groups in total. The number of ether oxygens (including phenoxy) is 2. The molecule has 0 saturated heterocycles. The van der Waals surface area contributed by atoms with Crippen molar-refractivity contribution < 1.29 is 13.9 Å². The molecule has 3 rings (SSSR count). The molecule has 1 aromatic carbocycles. The molecule has 0 amide bonds. The van der Waals surface area contributed by atoms with Crippen molar-refractivity contribution in [3.05, 3.63) is 29.1 Å².